The molecule has 4 rings (SSSR count). The Morgan fingerprint density at radius 3 is 2.80 bits per heavy atom. The molecule has 2 aromatic heterocycles. The van der Waals surface area contributed by atoms with Crippen LogP contribution in [0, 0.1) is 5.82 Å². The Morgan fingerprint density at radius 2 is 2.20 bits per heavy atom. The summed E-state index contributed by atoms with van der Waals surface area (Å²) in [7, 11) is 3.13. The van der Waals surface area contributed by atoms with Crippen molar-refractivity contribution >= 4 is 18.0 Å². The molecule has 0 bridgehead atoms. The van der Waals surface area contributed by atoms with E-state index in [0.29, 0.717) is 42.5 Å². The normalized spacial score (nSPS) is 14.1. The van der Waals surface area contributed by atoms with Gasteiger partial charge < -0.3 is 19.6 Å². The highest BCUT2D eigenvalue weighted by molar-refractivity contribution is 5.77. The van der Waals surface area contributed by atoms with Crippen LogP contribution >= 0.6 is 0 Å². The molecule has 0 saturated heterocycles. The summed E-state index contributed by atoms with van der Waals surface area (Å²) < 4.78 is 21.7. The summed E-state index contributed by atoms with van der Waals surface area (Å²) in [5.41, 5.74) is 2.11. The number of fused-ring (bicyclic) bond motifs is 1. The number of hydrogen-bond donors (Lipinski definition) is 1. The predicted octanol–water partition coefficient (Wildman–Crippen LogP) is 0.160. The molecular weight excluding hydrogens is 395 g/mol. The second-order valence-electron chi connectivity index (χ2n) is 6.90. The number of aliphatic hydroxyl groups excluding tert-OH is 1. The minimum Gasteiger partial charge on any atom is -0.394 e. The average molecular weight is 416 g/mol. The standard InChI is InChI=1S/C18H21FN8O3/c1-24-22-18(20-23-24)25-7-13-6-17(21-27(13)10-25)15-4-3-12(5-16(15)19)26(11-29)8-14(9-28)30-2/h3-6,11,14,28H,7-10H2,1-2H3/t14-/m1/s1. The van der Waals surface area contributed by atoms with Crippen LogP contribution in [0.15, 0.2) is 24.3 Å². The molecule has 11 nitrogen and oxygen atoms in total. The van der Waals surface area contributed by atoms with Crippen molar-refractivity contribution in [2.45, 2.75) is 19.3 Å². The van der Waals surface area contributed by atoms with Crippen LogP contribution in [-0.2, 0) is 29.8 Å². The van der Waals surface area contributed by atoms with Crippen molar-refractivity contribution in [3.05, 3.63) is 35.8 Å². The number of aryl methyl sites for hydroxylation is 1. The molecule has 0 unspecified atom stereocenters. The predicted molar refractivity (Wildman–Crippen MR) is 104 cm³/mol. The number of amides is 1. The van der Waals surface area contributed by atoms with E-state index in [1.165, 1.54) is 22.9 Å². The number of tetrazole rings is 1. The van der Waals surface area contributed by atoms with Crippen molar-refractivity contribution in [1.29, 1.82) is 0 Å². The Labute approximate surface area is 171 Å². The van der Waals surface area contributed by atoms with Gasteiger partial charge in [0, 0.05) is 18.4 Å². The van der Waals surface area contributed by atoms with Crippen molar-refractivity contribution in [3.8, 4) is 11.3 Å². The molecular formula is C18H21FN8O3. The van der Waals surface area contributed by atoms with Gasteiger partial charge in [0.15, 0.2) is 0 Å². The van der Waals surface area contributed by atoms with Gasteiger partial charge in [-0.3, -0.25) is 4.79 Å². The summed E-state index contributed by atoms with van der Waals surface area (Å²) in [5, 5.41) is 25.7. The SMILES string of the molecule is CO[C@@H](CO)CN(C=O)c1ccc(-c2cc3n(n2)CN(c2nnn(C)n2)C3)c(F)c1. The Morgan fingerprint density at radius 1 is 1.37 bits per heavy atom. The molecule has 12 heteroatoms. The third kappa shape index (κ3) is 3.74. The van der Waals surface area contributed by atoms with Crippen LogP contribution in [0.4, 0.5) is 16.0 Å². The molecule has 30 heavy (non-hydrogen) atoms. The first kappa shape index (κ1) is 19.9. The lowest BCUT2D eigenvalue weighted by Crippen LogP contribution is -2.34. The van der Waals surface area contributed by atoms with Gasteiger partial charge in [0.25, 0.3) is 5.95 Å². The fourth-order valence-corrected chi connectivity index (χ4v) is 3.30. The number of halogens is 1. The van der Waals surface area contributed by atoms with Crippen LogP contribution in [-0.4, -0.2) is 67.9 Å². The topological polar surface area (TPSA) is 114 Å². The van der Waals surface area contributed by atoms with E-state index >= 15 is 0 Å². The zero-order valence-corrected chi connectivity index (χ0v) is 16.5. The summed E-state index contributed by atoms with van der Waals surface area (Å²) in [5.74, 6) is 0.00724. The highest BCUT2D eigenvalue weighted by Crippen LogP contribution is 2.29. The van der Waals surface area contributed by atoms with Gasteiger partial charge in [-0.25, -0.2) is 9.07 Å². The molecule has 0 radical (unpaired) electrons. The minimum atomic E-state index is -0.555. The van der Waals surface area contributed by atoms with Crippen LogP contribution in [0.3, 0.4) is 0 Å². The number of methoxy groups -OCH3 is 1. The number of aliphatic hydroxyl groups is 1. The molecule has 1 aliphatic rings. The van der Waals surface area contributed by atoms with E-state index in [9.17, 15) is 14.3 Å². The minimum absolute atomic E-state index is 0.111. The van der Waals surface area contributed by atoms with Crippen LogP contribution in [0.1, 0.15) is 5.69 Å². The zero-order chi connectivity index (χ0) is 21.3. The first-order valence-corrected chi connectivity index (χ1v) is 9.23. The summed E-state index contributed by atoms with van der Waals surface area (Å²) in [6, 6.07) is 6.31. The number of nitrogens with zero attached hydrogens (tertiary/aromatic N) is 8. The van der Waals surface area contributed by atoms with Crippen LogP contribution < -0.4 is 9.80 Å². The number of ether oxygens (including phenoxy) is 1. The van der Waals surface area contributed by atoms with Gasteiger partial charge in [-0.05, 0) is 29.5 Å². The number of hydrogen-bond acceptors (Lipinski definition) is 8. The van der Waals surface area contributed by atoms with Gasteiger partial charge in [0.05, 0.1) is 44.2 Å². The zero-order valence-electron chi connectivity index (χ0n) is 16.5. The first-order chi connectivity index (χ1) is 14.5. The number of carbonyl (C=O) groups is 1. The molecule has 0 saturated carbocycles. The lowest BCUT2D eigenvalue weighted by Gasteiger charge is -2.22. The van der Waals surface area contributed by atoms with Gasteiger partial charge in [-0.15, -0.1) is 5.10 Å². The largest absolute Gasteiger partial charge is 0.394 e. The van der Waals surface area contributed by atoms with Gasteiger partial charge in [0.2, 0.25) is 6.41 Å². The number of carbonyl (C=O) groups excluding carboxylic acids is 1. The molecule has 1 aromatic carbocycles. The number of anilines is 2. The van der Waals surface area contributed by atoms with Gasteiger partial charge in [0.1, 0.15) is 12.5 Å². The summed E-state index contributed by atoms with van der Waals surface area (Å²) in [6.45, 7) is 0.846. The lowest BCUT2D eigenvalue weighted by atomic mass is 10.1. The Balaban J connectivity index is 1.52. The van der Waals surface area contributed by atoms with E-state index in [0.717, 1.165) is 5.69 Å². The Bertz CT molecular complexity index is 1020. The second kappa shape index (κ2) is 8.16. The Hall–Kier alpha value is -3.38. The second-order valence-corrected chi connectivity index (χ2v) is 6.90. The van der Waals surface area contributed by atoms with Gasteiger partial charge in [-0.1, -0.05) is 5.10 Å². The van der Waals surface area contributed by atoms with Crippen LogP contribution in [0.2, 0.25) is 0 Å². The number of benzene rings is 1. The monoisotopic (exact) mass is 416 g/mol. The molecule has 3 heterocycles. The molecule has 1 amide bonds. The van der Waals surface area contributed by atoms with E-state index in [4.69, 9.17) is 4.74 Å². The molecule has 1 aliphatic heterocycles. The Kier molecular flexibility index (Phi) is 5.42. The van der Waals surface area contributed by atoms with E-state index in [-0.39, 0.29) is 13.2 Å². The summed E-state index contributed by atoms with van der Waals surface area (Å²) in [4.78, 5) is 16.0. The van der Waals surface area contributed by atoms with E-state index in [1.54, 1.807) is 23.9 Å². The molecule has 158 valence electrons. The fourth-order valence-electron chi connectivity index (χ4n) is 3.30. The van der Waals surface area contributed by atoms with Crippen molar-refractivity contribution < 1.29 is 19.0 Å². The maximum absolute atomic E-state index is 14.8. The molecule has 1 N–H and O–H groups in total. The van der Waals surface area contributed by atoms with Gasteiger partial charge in [-0.2, -0.15) is 9.90 Å². The van der Waals surface area contributed by atoms with E-state index < -0.39 is 11.9 Å². The van der Waals surface area contributed by atoms with Gasteiger partial charge >= 0.3 is 0 Å². The lowest BCUT2D eigenvalue weighted by molar-refractivity contribution is -0.107. The summed E-state index contributed by atoms with van der Waals surface area (Å²) in [6.07, 6.45) is 0.0249. The molecule has 0 fully saturated rings. The molecule has 1 atom stereocenters. The molecule has 0 aliphatic carbocycles. The van der Waals surface area contributed by atoms with Crippen LogP contribution in [0.25, 0.3) is 11.3 Å². The number of aromatic nitrogens is 6. The van der Waals surface area contributed by atoms with E-state index in [1.807, 2.05) is 11.0 Å². The van der Waals surface area contributed by atoms with Crippen molar-refractivity contribution in [2.75, 3.05) is 30.1 Å². The van der Waals surface area contributed by atoms with Crippen LogP contribution in [0.5, 0.6) is 0 Å². The highest BCUT2D eigenvalue weighted by atomic mass is 19.1. The molecule has 3 aromatic rings. The quantitative estimate of drug-likeness (QED) is 0.517. The maximum Gasteiger partial charge on any atom is 0.267 e. The smallest absolute Gasteiger partial charge is 0.267 e. The average Bonchev–Trinajstić information content (AvgIpc) is 3.43. The third-order valence-electron chi connectivity index (χ3n) is 4.93. The van der Waals surface area contributed by atoms with Crippen molar-refractivity contribution in [2.24, 2.45) is 7.05 Å². The number of rotatable bonds is 8. The molecule has 0 spiro atoms. The first-order valence-electron chi connectivity index (χ1n) is 9.23. The van der Waals surface area contributed by atoms with Crippen molar-refractivity contribution in [3.63, 3.8) is 0 Å². The fraction of sp³-hybridized carbons (Fsp3) is 0.389. The van der Waals surface area contributed by atoms with E-state index in [2.05, 4.69) is 20.5 Å². The highest BCUT2D eigenvalue weighted by Gasteiger charge is 2.25. The maximum atomic E-state index is 14.8. The van der Waals surface area contributed by atoms with Crippen molar-refractivity contribution in [1.82, 2.24) is 30.0 Å². The third-order valence-corrected chi connectivity index (χ3v) is 4.93. The summed E-state index contributed by atoms with van der Waals surface area (Å²) >= 11 is 0.